The summed E-state index contributed by atoms with van der Waals surface area (Å²) in [6, 6.07) is 0. The molecule has 1 aromatic heterocycles. The van der Waals surface area contributed by atoms with Crippen molar-refractivity contribution < 1.29 is 4.74 Å². The van der Waals surface area contributed by atoms with Crippen LogP contribution in [0, 0.1) is 5.92 Å². The first-order valence-corrected chi connectivity index (χ1v) is 7.02. The van der Waals surface area contributed by atoms with Crippen LogP contribution in [-0.2, 0) is 17.8 Å². The van der Waals surface area contributed by atoms with E-state index in [1.807, 2.05) is 10.9 Å². The van der Waals surface area contributed by atoms with E-state index >= 15 is 0 Å². The van der Waals surface area contributed by atoms with Gasteiger partial charge in [-0.3, -0.25) is 4.68 Å². The van der Waals surface area contributed by atoms with Crippen LogP contribution in [0.1, 0.15) is 39.2 Å². The number of unbranched alkanes of at least 4 members (excludes halogenated alkanes) is 1. The molecule has 0 saturated carbocycles. The fourth-order valence-electron chi connectivity index (χ4n) is 1.63. The Morgan fingerprint density at radius 1 is 1.39 bits per heavy atom. The molecule has 0 bridgehead atoms. The van der Waals surface area contributed by atoms with Crippen LogP contribution in [-0.4, -0.2) is 29.5 Å². The van der Waals surface area contributed by atoms with Gasteiger partial charge in [-0.2, -0.15) is 5.10 Å². The van der Waals surface area contributed by atoms with E-state index < -0.39 is 0 Å². The zero-order valence-electron chi connectivity index (χ0n) is 12.0. The molecule has 0 radical (unpaired) electrons. The molecule has 0 aliphatic rings. The summed E-state index contributed by atoms with van der Waals surface area (Å²) in [7, 11) is 0. The van der Waals surface area contributed by atoms with Gasteiger partial charge in [0.25, 0.3) is 0 Å². The Morgan fingerprint density at radius 3 is 2.94 bits per heavy atom. The first-order valence-electron chi connectivity index (χ1n) is 7.02. The number of hydrogen-bond acceptors (Lipinski definition) is 3. The standard InChI is InChI=1S/C14H27N3O/c1-4-5-7-18-8-6-17-12-14(11-16-17)10-15-9-13(2)3/h11-13,15H,4-10H2,1-3H3. The predicted octanol–water partition coefficient (Wildman–Crippen LogP) is 2.45. The van der Waals surface area contributed by atoms with E-state index in [4.69, 9.17) is 4.74 Å². The van der Waals surface area contributed by atoms with Gasteiger partial charge in [0.2, 0.25) is 0 Å². The number of hydrogen-bond donors (Lipinski definition) is 1. The number of ether oxygens (including phenoxy) is 1. The van der Waals surface area contributed by atoms with Gasteiger partial charge in [0.1, 0.15) is 0 Å². The molecule has 0 aliphatic heterocycles. The quantitative estimate of drug-likeness (QED) is 0.651. The molecule has 1 rings (SSSR count). The highest BCUT2D eigenvalue weighted by Crippen LogP contribution is 1.98. The third-order valence-corrected chi connectivity index (χ3v) is 2.68. The second kappa shape index (κ2) is 9.11. The van der Waals surface area contributed by atoms with Crippen molar-refractivity contribution in [2.45, 2.75) is 46.7 Å². The fourth-order valence-corrected chi connectivity index (χ4v) is 1.63. The van der Waals surface area contributed by atoms with E-state index in [2.05, 4.69) is 37.4 Å². The largest absolute Gasteiger partial charge is 0.380 e. The van der Waals surface area contributed by atoms with Gasteiger partial charge in [0.05, 0.1) is 19.3 Å². The minimum absolute atomic E-state index is 0.687. The summed E-state index contributed by atoms with van der Waals surface area (Å²) >= 11 is 0. The summed E-state index contributed by atoms with van der Waals surface area (Å²) in [4.78, 5) is 0. The first-order chi connectivity index (χ1) is 8.72. The maximum absolute atomic E-state index is 5.52. The molecule has 1 heterocycles. The number of rotatable bonds is 10. The molecule has 1 N–H and O–H groups in total. The molecule has 0 saturated heterocycles. The van der Waals surface area contributed by atoms with E-state index in [1.165, 1.54) is 12.0 Å². The predicted molar refractivity (Wildman–Crippen MR) is 74.5 cm³/mol. The van der Waals surface area contributed by atoms with Crippen molar-refractivity contribution >= 4 is 0 Å². The fraction of sp³-hybridized carbons (Fsp3) is 0.786. The van der Waals surface area contributed by atoms with Gasteiger partial charge >= 0.3 is 0 Å². The van der Waals surface area contributed by atoms with Gasteiger partial charge < -0.3 is 10.1 Å². The number of nitrogens with zero attached hydrogens (tertiary/aromatic N) is 2. The molecular weight excluding hydrogens is 226 g/mol. The topological polar surface area (TPSA) is 39.1 Å². The highest BCUT2D eigenvalue weighted by atomic mass is 16.5. The van der Waals surface area contributed by atoms with Gasteiger partial charge in [-0.25, -0.2) is 0 Å². The lowest BCUT2D eigenvalue weighted by Crippen LogP contribution is -2.18. The molecular formula is C14H27N3O. The summed E-state index contributed by atoms with van der Waals surface area (Å²) in [5.74, 6) is 0.687. The Hall–Kier alpha value is -0.870. The summed E-state index contributed by atoms with van der Waals surface area (Å²) in [6.45, 7) is 11.0. The summed E-state index contributed by atoms with van der Waals surface area (Å²) in [6.07, 6.45) is 6.35. The third-order valence-electron chi connectivity index (χ3n) is 2.68. The lowest BCUT2D eigenvalue weighted by atomic mass is 10.2. The zero-order chi connectivity index (χ0) is 13.2. The second-order valence-corrected chi connectivity index (χ2v) is 5.10. The van der Waals surface area contributed by atoms with E-state index in [0.717, 1.165) is 39.3 Å². The molecule has 4 nitrogen and oxygen atoms in total. The monoisotopic (exact) mass is 253 g/mol. The SMILES string of the molecule is CCCCOCCn1cc(CNCC(C)C)cn1. The van der Waals surface area contributed by atoms with Crippen LogP contribution in [0.4, 0.5) is 0 Å². The van der Waals surface area contributed by atoms with Crippen molar-refractivity contribution in [3.05, 3.63) is 18.0 Å². The van der Waals surface area contributed by atoms with E-state index in [0.29, 0.717) is 5.92 Å². The minimum atomic E-state index is 0.687. The first kappa shape index (κ1) is 15.2. The van der Waals surface area contributed by atoms with Crippen molar-refractivity contribution in [2.75, 3.05) is 19.8 Å². The number of aromatic nitrogens is 2. The zero-order valence-corrected chi connectivity index (χ0v) is 12.0. The smallest absolute Gasteiger partial charge is 0.0662 e. The maximum Gasteiger partial charge on any atom is 0.0662 e. The van der Waals surface area contributed by atoms with Crippen molar-refractivity contribution in [3.63, 3.8) is 0 Å². The van der Waals surface area contributed by atoms with Crippen LogP contribution in [0.3, 0.4) is 0 Å². The Balaban J connectivity index is 2.13. The van der Waals surface area contributed by atoms with Crippen LogP contribution in [0.2, 0.25) is 0 Å². The van der Waals surface area contributed by atoms with Crippen molar-refractivity contribution in [1.29, 1.82) is 0 Å². The molecule has 0 spiro atoms. The summed E-state index contributed by atoms with van der Waals surface area (Å²) in [5.41, 5.74) is 1.24. The molecule has 0 fully saturated rings. The Labute approximate surface area is 111 Å². The lowest BCUT2D eigenvalue weighted by Gasteiger charge is -2.05. The average molecular weight is 253 g/mol. The third kappa shape index (κ3) is 6.77. The highest BCUT2D eigenvalue weighted by molar-refractivity contribution is 5.03. The minimum Gasteiger partial charge on any atom is -0.380 e. The van der Waals surface area contributed by atoms with Crippen molar-refractivity contribution in [1.82, 2.24) is 15.1 Å². The second-order valence-electron chi connectivity index (χ2n) is 5.10. The maximum atomic E-state index is 5.52. The summed E-state index contributed by atoms with van der Waals surface area (Å²) < 4.78 is 7.48. The van der Waals surface area contributed by atoms with Gasteiger partial charge in [-0.05, 0) is 18.9 Å². The molecule has 0 atom stereocenters. The molecule has 0 unspecified atom stereocenters. The molecule has 4 heteroatoms. The Kier molecular flexibility index (Phi) is 7.69. The molecule has 0 amide bonds. The van der Waals surface area contributed by atoms with Crippen LogP contribution in [0.25, 0.3) is 0 Å². The van der Waals surface area contributed by atoms with Gasteiger partial charge in [0.15, 0.2) is 0 Å². The molecule has 0 aromatic carbocycles. The lowest BCUT2D eigenvalue weighted by molar-refractivity contribution is 0.121. The van der Waals surface area contributed by atoms with Crippen molar-refractivity contribution in [3.8, 4) is 0 Å². The molecule has 104 valence electrons. The van der Waals surface area contributed by atoms with Crippen LogP contribution >= 0.6 is 0 Å². The molecule has 18 heavy (non-hydrogen) atoms. The van der Waals surface area contributed by atoms with Gasteiger partial charge in [-0.1, -0.05) is 27.2 Å². The number of nitrogens with one attached hydrogen (secondary N) is 1. The normalized spacial score (nSPS) is 11.3. The van der Waals surface area contributed by atoms with Gasteiger partial charge in [-0.15, -0.1) is 0 Å². The Bertz CT molecular complexity index is 310. The summed E-state index contributed by atoms with van der Waals surface area (Å²) in [5, 5.41) is 7.74. The molecule has 1 aromatic rings. The van der Waals surface area contributed by atoms with Crippen LogP contribution < -0.4 is 5.32 Å². The average Bonchev–Trinajstić information content (AvgIpc) is 2.76. The van der Waals surface area contributed by atoms with Crippen molar-refractivity contribution in [2.24, 2.45) is 5.92 Å². The van der Waals surface area contributed by atoms with E-state index in [1.54, 1.807) is 0 Å². The van der Waals surface area contributed by atoms with Crippen LogP contribution in [0.15, 0.2) is 12.4 Å². The van der Waals surface area contributed by atoms with Crippen LogP contribution in [0.5, 0.6) is 0 Å². The van der Waals surface area contributed by atoms with Gasteiger partial charge in [0, 0.05) is 24.9 Å². The van der Waals surface area contributed by atoms with E-state index in [-0.39, 0.29) is 0 Å². The molecule has 0 aliphatic carbocycles. The Morgan fingerprint density at radius 2 is 2.22 bits per heavy atom. The van der Waals surface area contributed by atoms with E-state index in [9.17, 15) is 0 Å². The highest BCUT2D eigenvalue weighted by Gasteiger charge is 1.99.